The first kappa shape index (κ1) is 15.9. The van der Waals surface area contributed by atoms with Crippen LogP contribution in [0.5, 0.6) is 0 Å². The minimum absolute atomic E-state index is 0.524. The number of carbonyl (C=O) groups is 3. The van der Waals surface area contributed by atoms with E-state index in [0.717, 1.165) is 0 Å². The number of carboxylic acid groups (broad SMARTS) is 1. The number of carboxylic acids is 1. The molecule has 18 heavy (non-hydrogen) atoms. The number of hydrogen-bond donors (Lipinski definition) is 3. The standard InChI is InChI=1S/C12H18N2O4/c1-5-7(3)10(15)13-9(12(17)18)14-11(16)8(4)6-2/h5-9H,1-2H2,3-4H3,(H,13,15)(H,14,16)(H,17,18). The van der Waals surface area contributed by atoms with E-state index in [1.807, 2.05) is 0 Å². The molecular formula is C12H18N2O4. The Kier molecular flexibility index (Phi) is 6.41. The van der Waals surface area contributed by atoms with E-state index in [0.29, 0.717) is 0 Å². The third-order valence-corrected chi connectivity index (χ3v) is 2.35. The maximum Gasteiger partial charge on any atom is 0.347 e. The van der Waals surface area contributed by atoms with E-state index in [2.05, 4.69) is 23.8 Å². The molecule has 0 saturated carbocycles. The monoisotopic (exact) mass is 254 g/mol. The van der Waals surface area contributed by atoms with Gasteiger partial charge < -0.3 is 15.7 Å². The van der Waals surface area contributed by atoms with Gasteiger partial charge in [0.25, 0.3) is 0 Å². The summed E-state index contributed by atoms with van der Waals surface area (Å²) in [6.45, 7) is 9.98. The maximum absolute atomic E-state index is 11.5. The predicted octanol–water partition coefficient (Wildman–Crippen LogP) is 0.274. The van der Waals surface area contributed by atoms with Gasteiger partial charge in [0.2, 0.25) is 18.0 Å². The number of nitrogens with one attached hydrogen (secondary N) is 2. The highest BCUT2D eigenvalue weighted by Gasteiger charge is 2.24. The molecule has 6 heteroatoms. The summed E-state index contributed by atoms with van der Waals surface area (Å²) in [6.07, 6.45) is 1.29. The van der Waals surface area contributed by atoms with E-state index in [-0.39, 0.29) is 0 Å². The minimum atomic E-state index is -1.46. The molecule has 0 aromatic heterocycles. The van der Waals surface area contributed by atoms with Crippen LogP contribution in [0, 0.1) is 11.8 Å². The largest absolute Gasteiger partial charge is 0.478 e. The highest BCUT2D eigenvalue weighted by Crippen LogP contribution is 1.98. The first-order valence-corrected chi connectivity index (χ1v) is 5.42. The van der Waals surface area contributed by atoms with Crippen molar-refractivity contribution in [1.29, 1.82) is 0 Å². The Morgan fingerprint density at radius 1 is 1.00 bits per heavy atom. The van der Waals surface area contributed by atoms with Gasteiger partial charge in [-0.25, -0.2) is 4.79 Å². The molecule has 2 amide bonds. The Hall–Kier alpha value is -2.11. The summed E-state index contributed by atoms with van der Waals surface area (Å²) in [6, 6.07) is 0. The molecule has 6 nitrogen and oxygen atoms in total. The third-order valence-electron chi connectivity index (χ3n) is 2.35. The fourth-order valence-electron chi connectivity index (χ4n) is 0.921. The lowest BCUT2D eigenvalue weighted by molar-refractivity contribution is -0.145. The lowest BCUT2D eigenvalue weighted by Crippen LogP contribution is -2.54. The van der Waals surface area contributed by atoms with E-state index in [1.165, 1.54) is 12.2 Å². The van der Waals surface area contributed by atoms with Gasteiger partial charge in [-0.2, -0.15) is 0 Å². The molecule has 0 spiro atoms. The summed E-state index contributed by atoms with van der Waals surface area (Å²) in [5.74, 6) is -3.47. The molecule has 0 aliphatic heterocycles. The summed E-state index contributed by atoms with van der Waals surface area (Å²) < 4.78 is 0. The van der Waals surface area contributed by atoms with Crippen molar-refractivity contribution in [2.75, 3.05) is 0 Å². The number of aliphatic carboxylic acids is 1. The van der Waals surface area contributed by atoms with Crippen molar-refractivity contribution in [3.05, 3.63) is 25.3 Å². The van der Waals surface area contributed by atoms with Gasteiger partial charge in [0.1, 0.15) is 0 Å². The zero-order chi connectivity index (χ0) is 14.3. The molecule has 0 saturated heterocycles. The van der Waals surface area contributed by atoms with Gasteiger partial charge in [-0.05, 0) is 0 Å². The maximum atomic E-state index is 11.5. The lowest BCUT2D eigenvalue weighted by Gasteiger charge is -2.18. The van der Waals surface area contributed by atoms with Crippen LogP contribution in [0.15, 0.2) is 25.3 Å². The van der Waals surface area contributed by atoms with E-state index in [4.69, 9.17) is 5.11 Å². The van der Waals surface area contributed by atoms with Crippen LogP contribution in [0.4, 0.5) is 0 Å². The first-order chi connectivity index (χ1) is 8.33. The molecule has 0 radical (unpaired) electrons. The number of rotatable bonds is 7. The molecule has 2 unspecified atom stereocenters. The lowest BCUT2D eigenvalue weighted by atomic mass is 10.1. The summed E-state index contributed by atoms with van der Waals surface area (Å²) in [4.78, 5) is 33.9. The van der Waals surface area contributed by atoms with Crippen molar-refractivity contribution < 1.29 is 19.5 Å². The molecule has 0 aliphatic carbocycles. The molecule has 0 aromatic rings. The van der Waals surface area contributed by atoms with Crippen LogP contribution < -0.4 is 10.6 Å². The van der Waals surface area contributed by atoms with Crippen molar-refractivity contribution in [3.8, 4) is 0 Å². The fraction of sp³-hybridized carbons (Fsp3) is 0.417. The molecule has 0 heterocycles. The van der Waals surface area contributed by atoms with Crippen molar-refractivity contribution in [1.82, 2.24) is 10.6 Å². The molecule has 0 rings (SSSR count). The van der Waals surface area contributed by atoms with Crippen molar-refractivity contribution in [2.24, 2.45) is 11.8 Å². The Bertz CT molecular complexity index is 337. The second-order valence-electron chi connectivity index (χ2n) is 3.84. The van der Waals surface area contributed by atoms with Gasteiger partial charge in [0, 0.05) is 0 Å². The molecule has 0 fully saturated rings. The van der Waals surface area contributed by atoms with Crippen LogP contribution in [0.1, 0.15) is 13.8 Å². The van der Waals surface area contributed by atoms with E-state index in [1.54, 1.807) is 13.8 Å². The third kappa shape index (κ3) is 4.82. The molecule has 3 N–H and O–H groups in total. The van der Waals surface area contributed by atoms with E-state index in [9.17, 15) is 14.4 Å². The Labute approximate surface area is 106 Å². The molecule has 100 valence electrons. The van der Waals surface area contributed by atoms with E-state index < -0.39 is 35.8 Å². The van der Waals surface area contributed by atoms with Crippen molar-refractivity contribution in [3.63, 3.8) is 0 Å². The van der Waals surface area contributed by atoms with Gasteiger partial charge in [-0.15, -0.1) is 13.2 Å². The summed E-state index contributed by atoms with van der Waals surface area (Å²) in [5, 5.41) is 13.3. The van der Waals surface area contributed by atoms with Crippen LogP contribution >= 0.6 is 0 Å². The van der Waals surface area contributed by atoms with Crippen LogP contribution in [0.2, 0.25) is 0 Å². The highest BCUT2D eigenvalue weighted by atomic mass is 16.4. The van der Waals surface area contributed by atoms with Crippen molar-refractivity contribution >= 4 is 17.8 Å². The quantitative estimate of drug-likeness (QED) is 0.449. The van der Waals surface area contributed by atoms with Crippen LogP contribution in [0.25, 0.3) is 0 Å². The van der Waals surface area contributed by atoms with Crippen LogP contribution in [0.3, 0.4) is 0 Å². The number of amides is 2. The normalized spacial score (nSPS) is 14.8. The second kappa shape index (κ2) is 7.26. The van der Waals surface area contributed by atoms with Gasteiger partial charge in [0.15, 0.2) is 0 Å². The Morgan fingerprint density at radius 2 is 1.33 bits per heavy atom. The fourth-order valence-corrected chi connectivity index (χ4v) is 0.921. The summed E-state index contributed by atoms with van der Waals surface area (Å²) in [7, 11) is 0. The Morgan fingerprint density at radius 3 is 1.56 bits per heavy atom. The van der Waals surface area contributed by atoms with Gasteiger partial charge >= 0.3 is 5.97 Å². The van der Waals surface area contributed by atoms with Gasteiger partial charge in [-0.1, -0.05) is 26.0 Å². The van der Waals surface area contributed by atoms with Crippen molar-refractivity contribution in [2.45, 2.75) is 20.0 Å². The molecule has 0 aliphatic rings. The average Bonchev–Trinajstić information content (AvgIpc) is 2.35. The van der Waals surface area contributed by atoms with Gasteiger partial charge in [-0.3, -0.25) is 9.59 Å². The zero-order valence-corrected chi connectivity index (χ0v) is 10.5. The number of hydrogen-bond acceptors (Lipinski definition) is 3. The minimum Gasteiger partial charge on any atom is -0.478 e. The predicted molar refractivity (Wildman–Crippen MR) is 66.4 cm³/mol. The van der Waals surface area contributed by atoms with Gasteiger partial charge in [0.05, 0.1) is 11.8 Å². The van der Waals surface area contributed by atoms with Crippen LogP contribution in [-0.4, -0.2) is 29.1 Å². The SMILES string of the molecule is C=CC(C)C(=O)NC(NC(=O)C(C)C=C)C(=O)O. The molecule has 2 atom stereocenters. The molecule has 0 aromatic carbocycles. The number of carbonyl (C=O) groups excluding carboxylic acids is 2. The first-order valence-electron chi connectivity index (χ1n) is 5.42. The molecular weight excluding hydrogens is 236 g/mol. The topological polar surface area (TPSA) is 95.5 Å². The summed E-state index contributed by atoms with van der Waals surface area (Å²) >= 11 is 0. The average molecular weight is 254 g/mol. The summed E-state index contributed by atoms with van der Waals surface area (Å²) in [5.41, 5.74) is 0. The second-order valence-corrected chi connectivity index (χ2v) is 3.84. The molecule has 0 bridgehead atoms. The Balaban J connectivity index is 4.64. The zero-order valence-electron chi connectivity index (χ0n) is 10.5. The van der Waals surface area contributed by atoms with Crippen LogP contribution in [-0.2, 0) is 14.4 Å². The van der Waals surface area contributed by atoms with E-state index >= 15 is 0 Å². The smallest absolute Gasteiger partial charge is 0.347 e. The highest BCUT2D eigenvalue weighted by molar-refractivity contribution is 5.89.